The minimum absolute atomic E-state index is 0.0470. The van der Waals surface area contributed by atoms with Gasteiger partial charge >= 0.3 is 5.97 Å². The average Bonchev–Trinajstić information content (AvgIpc) is 3.19. The number of aromatic nitrogens is 2. The molecule has 1 aromatic carbocycles. The lowest BCUT2D eigenvalue weighted by atomic mass is 10.1. The Labute approximate surface area is 153 Å². The number of methoxy groups -OCH3 is 1. The molecule has 140 valence electrons. The largest absolute Gasteiger partial charge is 0.495 e. The third-order valence-corrected chi connectivity index (χ3v) is 3.92. The number of nitrogens with zero attached hydrogens (tertiary/aromatic N) is 3. The van der Waals surface area contributed by atoms with E-state index in [1.807, 2.05) is 6.07 Å². The summed E-state index contributed by atoms with van der Waals surface area (Å²) in [6.45, 7) is 0.773. The van der Waals surface area contributed by atoms with Gasteiger partial charge in [0.05, 0.1) is 31.5 Å². The van der Waals surface area contributed by atoms with Crippen molar-refractivity contribution in [1.29, 1.82) is 5.26 Å². The van der Waals surface area contributed by atoms with Crippen LogP contribution < -0.4 is 15.2 Å². The van der Waals surface area contributed by atoms with Crippen LogP contribution in [0, 0.1) is 11.3 Å². The fourth-order valence-corrected chi connectivity index (χ4v) is 2.68. The smallest absolute Gasteiger partial charge is 0.388 e. The van der Waals surface area contributed by atoms with Crippen molar-refractivity contribution in [1.82, 2.24) is 9.97 Å². The van der Waals surface area contributed by atoms with Crippen molar-refractivity contribution >= 4 is 11.8 Å². The number of benzene rings is 1. The molecule has 2 N–H and O–H groups in total. The molecule has 1 atom stereocenters. The van der Waals surface area contributed by atoms with Gasteiger partial charge in [0.1, 0.15) is 23.7 Å². The summed E-state index contributed by atoms with van der Waals surface area (Å²) in [6.07, 6.45) is 0.182. The first kappa shape index (κ1) is 18.3. The Bertz CT molecular complexity index is 909. The zero-order valence-corrected chi connectivity index (χ0v) is 14.3. The molecule has 0 radical (unpaired) electrons. The SMILES string of the molecule is COc1c(C#N)cccc1-c1nc(N)c(C(=O)OF)c(O[C@H]2CCOC2)n1. The van der Waals surface area contributed by atoms with Crippen molar-refractivity contribution < 1.29 is 28.5 Å². The quantitative estimate of drug-likeness (QED) is 0.832. The van der Waals surface area contributed by atoms with Crippen molar-refractivity contribution in [3.63, 3.8) is 0 Å². The molecule has 1 aromatic heterocycles. The van der Waals surface area contributed by atoms with Crippen LogP contribution in [0.15, 0.2) is 18.2 Å². The molecule has 0 unspecified atom stereocenters. The Balaban J connectivity index is 2.14. The highest BCUT2D eigenvalue weighted by Gasteiger charge is 2.28. The Kier molecular flexibility index (Phi) is 5.33. The highest BCUT2D eigenvalue weighted by molar-refractivity contribution is 5.96. The topological polar surface area (TPSA) is 130 Å². The fraction of sp³-hybridized carbons (Fsp3) is 0.294. The molecule has 0 amide bonds. The third-order valence-electron chi connectivity index (χ3n) is 3.92. The second-order valence-corrected chi connectivity index (χ2v) is 5.58. The standard InChI is InChI=1S/C17H15FN4O5/c1-24-13-9(7-19)3-2-4-11(13)15-21-14(20)12(17(23)27-18)16(22-15)26-10-5-6-25-8-10/h2-4,10H,5-6,8H2,1H3,(H2,20,21,22)/t10-/m0/s1. The van der Waals surface area contributed by atoms with Crippen LogP contribution >= 0.6 is 0 Å². The van der Waals surface area contributed by atoms with E-state index in [2.05, 4.69) is 14.9 Å². The lowest BCUT2D eigenvalue weighted by molar-refractivity contribution is -0.0791. The first-order valence-corrected chi connectivity index (χ1v) is 7.91. The predicted molar refractivity (Wildman–Crippen MR) is 89.5 cm³/mol. The lowest BCUT2D eigenvalue weighted by Crippen LogP contribution is -2.20. The van der Waals surface area contributed by atoms with Gasteiger partial charge in [-0.3, -0.25) is 0 Å². The molecule has 3 rings (SSSR count). The zero-order chi connectivity index (χ0) is 19.4. The van der Waals surface area contributed by atoms with Crippen molar-refractivity contribution in [2.45, 2.75) is 12.5 Å². The number of hydrogen-bond acceptors (Lipinski definition) is 9. The number of nitrogen functional groups attached to an aromatic ring is 1. The van der Waals surface area contributed by atoms with Gasteiger partial charge in [-0.1, -0.05) is 6.07 Å². The second-order valence-electron chi connectivity index (χ2n) is 5.58. The number of anilines is 1. The summed E-state index contributed by atoms with van der Waals surface area (Å²) < 4.78 is 28.7. The molecular weight excluding hydrogens is 359 g/mol. The predicted octanol–water partition coefficient (Wildman–Crippen LogP) is 1.82. The maximum absolute atomic E-state index is 12.5. The highest BCUT2D eigenvalue weighted by Crippen LogP contribution is 2.34. The number of para-hydroxylation sites is 1. The van der Waals surface area contributed by atoms with Crippen LogP contribution in [0.3, 0.4) is 0 Å². The van der Waals surface area contributed by atoms with Gasteiger partial charge in [0.15, 0.2) is 11.4 Å². The number of rotatable bonds is 5. The summed E-state index contributed by atoms with van der Waals surface area (Å²) in [6, 6.07) is 6.79. The Morgan fingerprint density at radius 1 is 1.44 bits per heavy atom. The van der Waals surface area contributed by atoms with Crippen molar-refractivity contribution in [3.8, 4) is 29.1 Å². The molecule has 10 heteroatoms. The highest BCUT2D eigenvalue weighted by atomic mass is 19.3. The Hall–Kier alpha value is -3.45. The number of carbonyl (C=O) groups excluding carboxylic acids is 1. The average molecular weight is 374 g/mol. The maximum atomic E-state index is 12.5. The molecule has 0 saturated carbocycles. The summed E-state index contributed by atoms with van der Waals surface area (Å²) in [5.41, 5.74) is 6.03. The molecule has 0 spiro atoms. The van der Waals surface area contributed by atoms with E-state index in [1.54, 1.807) is 18.2 Å². The van der Waals surface area contributed by atoms with Gasteiger partial charge in [-0.15, -0.1) is 0 Å². The van der Waals surface area contributed by atoms with Crippen molar-refractivity contribution in [2.75, 3.05) is 26.1 Å². The molecule has 1 saturated heterocycles. The Morgan fingerprint density at radius 3 is 2.89 bits per heavy atom. The van der Waals surface area contributed by atoms with Crippen LogP contribution in [0.2, 0.25) is 0 Å². The van der Waals surface area contributed by atoms with E-state index in [-0.39, 0.29) is 41.5 Å². The van der Waals surface area contributed by atoms with E-state index in [4.69, 9.17) is 19.9 Å². The summed E-state index contributed by atoms with van der Waals surface area (Å²) in [4.78, 5) is 23.3. The first-order chi connectivity index (χ1) is 13.1. The van der Waals surface area contributed by atoms with E-state index in [9.17, 15) is 14.6 Å². The summed E-state index contributed by atoms with van der Waals surface area (Å²) in [7, 11) is 1.39. The van der Waals surface area contributed by atoms with Crippen LogP contribution in [0.4, 0.5) is 10.3 Å². The maximum Gasteiger partial charge on any atom is 0.388 e. The normalized spacial score (nSPS) is 15.8. The van der Waals surface area contributed by atoms with Gasteiger partial charge in [0, 0.05) is 10.9 Å². The molecule has 2 aromatic rings. The van der Waals surface area contributed by atoms with Crippen molar-refractivity contribution in [2.24, 2.45) is 0 Å². The van der Waals surface area contributed by atoms with E-state index >= 15 is 0 Å². The molecule has 2 heterocycles. The van der Waals surface area contributed by atoms with Gasteiger partial charge in [-0.25, -0.2) is 14.7 Å². The zero-order valence-electron chi connectivity index (χ0n) is 14.3. The van der Waals surface area contributed by atoms with Gasteiger partial charge in [0.2, 0.25) is 5.88 Å². The molecule has 0 bridgehead atoms. The van der Waals surface area contributed by atoms with Crippen LogP contribution in [-0.2, 0) is 9.68 Å². The number of hydrogen-bond donors (Lipinski definition) is 1. The molecule has 0 aliphatic carbocycles. The monoisotopic (exact) mass is 374 g/mol. The van der Waals surface area contributed by atoms with Gasteiger partial charge in [-0.2, -0.15) is 10.2 Å². The summed E-state index contributed by atoms with van der Waals surface area (Å²) >= 11 is 0. The molecular formula is C17H15FN4O5. The Morgan fingerprint density at radius 2 is 2.26 bits per heavy atom. The van der Waals surface area contributed by atoms with Crippen LogP contribution in [0.1, 0.15) is 22.3 Å². The minimum Gasteiger partial charge on any atom is -0.495 e. The van der Waals surface area contributed by atoms with Crippen LogP contribution in [0.25, 0.3) is 11.4 Å². The fourth-order valence-electron chi connectivity index (χ4n) is 2.68. The molecule has 1 aliphatic rings. The van der Waals surface area contributed by atoms with Crippen LogP contribution in [-0.4, -0.2) is 42.4 Å². The first-order valence-electron chi connectivity index (χ1n) is 7.91. The van der Waals surface area contributed by atoms with Gasteiger partial charge < -0.3 is 19.9 Å². The number of halogens is 1. The van der Waals surface area contributed by atoms with Gasteiger partial charge in [-0.05, 0) is 12.1 Å². The van der Waals surface area contributed by atoms with Gasteiger partial charge in [0.25, 0.3) is 0 Å². The number of nitriles is 1. The summed E-state index contributed by atoms with van der Waals surface area (Å²) in [5, 5.41) is 9.23. The minimum atomic E-state index is -1.37. The van der Waals surface area contributed by atoms with E-state index in [0.29, 0.717) is 18.6 Å². The van der Waals surface area contributed by atoms with Crippen molar-refractivity contribution in [3.05, 3.63) is 29.3 Å². The number of ether oxygens (including phenoxy) is 3. The molecule has 1 aliphatic heterocycles. The second kappa shape index (κ2) is 7.84. The van der Waals surface area contributed by atoms with E-state index in [0.717, 1.165) is 0 Å². The van der Waals surface area contributed by atoms with E-state index < -0.39 is 11.5 Å². The molecule has 1 fully saturated rings. The van der Waals surface area contributed by atoms with Crippen LogP contribution in [0.5, 0.6) is 11.6 Å². The molecule has 9 nitrogen and oxygen atoms in total. The lowest BCUT2D eigenvalue weighted by Gasteiger charge is -2.16. The molecule has 27 heavy (non-hydrogen) atoms. The number of carbonyl (C=O) groups is 1. The number of nitrogens with two attached hydrogens (primary N) is 1. The summed E-state index contributed by atoms with van der Waals surface area (Å²) in [5.74, 6) is -1.66. The van der Waals surface area contributed by atoms with E-state index in [1.165, 1.54) is 7.11 Å². The third kappa shape index (κ3) is 3.58.